The van der Waals surface area contributed by atoms with E-state index in [2.05, 4.69) is 4.72 Å². The summed E-state index contributed by atoms with van der Waals surface area (Å²) in [6.07, 6.45) is 0. The van der Waals surface area contributed by atoms with Crippen LogP contribution in [-0.4, -0.2) is 8.42 Å². The van der Waals surface area contributed by atoms with Crippen LogP contribution in [0.15, 0.2) is 23.1 Å². The van der Waals surface area contributed by atoms with Gasteiger partial charge in [-0.1, -0.05) is 0 Å². The number of hydrogen-bond donors (Lipinski definition) is 1. The Morgan fingerprint density at radius 3 is 2.92 bits per heavy atom. The number of nitrogens with one attached hydrogen (secondary N) is 1. The zero-order valence-corrected chi connectivity index (χ0v) is 6.86. The fraction of sp³-hybridized carbons (Fsp3) is 0.143. The van der Waals surface area contributed by atoms with Crippen molar-refractivity contribution in [2.75, 3.05) is 0 Å². The maximum atomic E-state index is 12.6. The fourth-order valence-electron chi connectivity index (χ4n) is 1.20. The molecule has 2 rings (SSSR count). The standard InChI is InChI=1S/C7H6FNO2S/c8-6-1-2-7-5(3-6)4-9-12(7,10)11/h1-3,9H,4H2. The predicted octanol–water partition coefficient (Wildman–Crippen LogP) is 0.618. The molecule has 0 saturated heterocycles. The third kappa shape index (κ3) is 1.02. The highest BCUT2D eigenvalue weighted by atomic mass is 32.2. The zero-order chi connectivity index (χ0) is 8.77. The third-order valence-electron chi connectivity index (χ3n) is 1.76. The van der Waals surface area contributed by atoms with Crippen LogP contribution in [0.4, 0.5) is 4.39 Å². The summed E-state index contributed by atoms with van der Waals surface area (Å²) >= 11 is 0. The average molecular weight is 187 g/mol. The van der Waals surface area contributed by atoms with Gasteiger partial charge in [-0.3, -0.25) is 0 Å². The van der Waals surface area contributed by atoms with E-state index in [0.29, 0.717) is 5.56 Å². The summed E-state index contributed by atoms with van der Waals surface area (Å²) in [5.74, 6) is -0.410. The van der Waals surface area contributed by atoms with Gasteiger partial charge in [0.05, 0.1) is 4.90 Å². The average Bonchev–Trinajstić information content (AvgIpc) is 2.27. The molecule has 0 atom stereocenters. The lowest BCUT2D eigenvalue weighted by Crippen LogP contribution is -2.13. The second-order valence-corrected chi connectivity index (χ2v) is 4.31. The van der Waals surface area contributed by atoms with Crippen LogP contribution >= 0.6 is 0 Å². The van der Waals surface area contributed by atoms with E-state index >= 15 is 0 Å². The lowest BCUT2D eigenvalue weighted by Gasteiger charge is -1.94. The van der Waals surface area contributed by atoms with Gasteiger partial charge in [0.25, 0.3) is 0 Å². The number of halogens is 1. The molecular weight excluding hydrogens is 181 g/mol. The van der Waals surface area contributed by atoms with E-state index in [1.807, 2.05) is 0 Å². The molecule has 0 saturated carbocycles. The van der Waals surface area contributed by atoms with Gasteiger partial charge >= 0.3 is 0 Å². The molecule has 0 fully saturated rings. The van der Waals surface area contributed by atoms with Crippen LogP contribution in [0.3, 0.4) is 0 Å². The maximum absolute atomic E-state index is 12.6. The fourth-order valence-corrected chi connectivity index (χ4v) is 2.42. The molecule has 1 heterocycles. The largest absolute Gasteiger partial charge is 0.241 e. The third-order valence-corrected chi connectivity index (χ3v) is 3.27. The Labute approximate surface area is 69.3 Å². The molecule has 0 aliphatic carbocycles. The maximum Gasteiger partial charge on any atom is 0.241 e. The highest BCUT2D eigenvalue weighted by Gasteiger charge is 2.25. The van der Waals surface area contributed by atoms with E-state index in [1.54, 1.807) is 0 Å². The Morgan fingerprint density at radius 1 is 1.42 bits per heavy atom. The van der Waals surface area contributed by atoms with Gasteiger partial charge in [-0.2, -0.15) is 0 Å². The van der Waals surface area contributed by atoms with Gasteiger partial charge in [-0.05, 0) is 23.8 Å². The smallest absolute Gasteiger partial charge is 0.207 e. The molecular formula is C7H6FNO2S. The van der Waals surface area contributed by atoms with Crippen LogP contribution in [0.5, 0.6) is 0 Å². The van der Waals surface area contributed by atoms with Crippen LogP contribution in [0.2, 0.25) is 0 Å². The number of benzene rings is 1. The lowest BCUT2D eigenvalue weighted by molar-refractivity contribution is 0.589. The summed E-state index contributed by atoms with van der Waals surface area (Å²) in [6.45, 7) is 0.190. The number of hydrogen-bond acceptors (Lipinski definition) is 2. The summed E-state index contributed by atoms with van der Waals surface area (Å²) < 4.78 is 37.1. The molecule has 0 unspecified atom stereocenters. The molecule has 0 aromatic heterocycles. The Morgan fingerprint density at radius 2 is 2.17 bits per heavy atom. The van der Waals surface area contributed by atoms with Crippen LogP contribution in [-0.2, 0) is 16.6 Å². The molecule has 1 aliphatic heterocycles. The van der Waals surface area contributed by atoms with Gasteiger partial charge in [-0.15, -0.1) is 0 Å². The first-order chi connectivity index (χ1) is 5.59. The van der Waals surface area contributed by atoms with Crippen molar-refractivity contribution in [2.24, 2.45) is 0 Å². The molecule has 0 radical (unpaired) electrons. The second kappa shape index (κ2) is 2.27. The van der Waals surface area contributed by atoms with Crippen LogP contribution in [0.1, 0.15) is 5.56 Å². The Hall–Kier alpha value is -0.940. The monoisotopic (exact) mass is 187 g/mol. The van der Waals surface area contributed by atoms with E-state index in [0.717, 1.165) is 6.07 Å². The topological polar surface area (TPSA) is 46.2 Å². The lowest BCUT2D eigenvalue weighted by atomic mass is 10.2. The predicted molar refractivity (Wildman–Crippen MR) is 40.4 cm³/mol. The van der Waals surface area contributed by atoms with Crippen molar-refractivity contribution in [1.29, 1.82) is 0 Å². The van der Waals surface area contributed by atoms with Crippen molar-refractivity contribution >= 4 is 10.0 Å². The normalized spacial score (nSPS) is 19.1. The molecule has 1 aromatic carbocycles. The molecule has 64 valence electrons. The molecule has 1 aliphatic rings. The van der Waals surface area contributed by atoms with Crippen LogP contribution in [0.25, 0.3) is 0 Å². The minimum atomic E-state index is -3.34. The van der Waals surface area contributed by atoms with Gasteiger partial charge in [0.15, 0.2) is 0 Å². The van der Waals surface area contributed by atoms with E-state index in [1.165, 1.54) is 12.1 Å². The number of rotatable bonds is 0. The first-order valence-electron chi connectivity index (χ1n) is 3.38. The minimum Gasteiger partial charge on any atom is -0.207 e. The van der Waals surface area contributed by atoms with E-state index in [9.17, 15) is 12.8 Å². The Kier molecular flexibility index (Phi) is 1.46. The summed E-state index contributed by atoms with van der Waals surface area (Å²) in [5, 5.41) is 0. The first kappa shape index (κ1) is 7.70. The van der Waals surface area contributed by atoms with E-state index < -0.39 is 15.8 Å². The highest BCUT2D eigenvalue weighted by molar-refractivity contribution is 7.89. The van der Waals surface area contributed by atoms with Gasteiger partial charge in [0.1, 0.15) is 5.82 Å². The SMILES string of the molecule is O=S1(=O)NCc2cc(F)ccc21. The van der Waals surface area contributed by atoms with Gasteiger partial charge in [0.2, 0.25) is 10.0 Å². The first-order valence-corrected chi connectivity index (χ1v) is 4.86. The minimum absolute atomic E-state index is 0.184. The van der Waals surface area contributed by atoms with Crippen LogP contribution in [0, 0.1) is 5.82 Å². The summed E-state index contributed by atoms with van der Waals surface area (Å²) in [6, 6.07) is 3.65. The number of sulfonamides is 1. The Balaban J connectivity index is 2.71. The van der Waals surface area contributed by atoms with Crippen molar-refractivity contribution in [3.8, 4) is 0 Å². The summed E-state index contributed by atoms with van der Waals surface area (Å²) in [7, 11) is -3.34. The van der Waals surface area contributed by atoms with Crippen molar-refractivity contribution in [3.05, 3.63) is 29.6 Å². The number of fused-ring (bicyclic) bond motifs is 1. The summed E-state index contributed by atoms with van der Waals surface area (Å²) in [5.41, 5.74) is 0.495. The highest BCUT2D eigenvalue weighted by Crippen LogP contribution is 2.22. The quantitative estimate of drug-likeness (QED) is 0.647. The zero-order valence-electron chi connectivity index (χ0n) is 6.04. The second-order valence-electron chi connectivity index (χ2n) is 2.58. The molecule has 0 bridgehead atoms. The summed E-state index contributed by atoms with van der Waals surface area (Å²) in [4.78, 5) is 0.184. The molecule has 12 heavy (non-hydrogen) atoms. The molecule has 3 nitrogen and oxygen atoms in total. The molecule has 0 amide bonds. The van der Waals surface area contributed by atoms with Crippen molar-refractivity contribution in [3.63, 3.8) is 0 Å². The molecule has 5 heteroatoms. The van der Waals surface area contributed by atoms with Gasteiger partial charge in [0, 0.05) is 6.54 Å². The van der Waals surface area contributed by atoms with Crippen molar-refractivity contribution < 1.29 is 12.8 Å². The van der Waals surface area contributed by atoms with Crippen LogP contribution < -0.4 is 4.72 Å². The van der Waals surface area contributed by atoms with Gasteiger partial charge in [-0.25, -0.2) is 17.5 Å². The molecule has 0 spiro atoms. The van der Waals surface area contributed by atoms with E-state index in [-0.39, 0.29) is 11.4 Å². The van der Waals surface area contributed by atoms with Crippen molar-refractivity contribution in [1.82, 2.24) is 4.72 Å². The van der Waals surface area contributed by atoms with Crippen molar-refractivity contribution in [2.45, 2.75) is 11.4 Å². The van der Waals surface area contributed by atoms with E-state index in [4.69, 9.17) is 0 Å². The molecule has 1 aromatic rings. The van der Waals surface area contributed by atoms with Gasteiger partial charge < -0.3 is 0 Å². The molecule has 1 N–H and O–H groups in total. The Bertz CT molecular complexity index is 427.